The van der Waals surface area contributed by atoms with E-state index in [2.05, 4.69) is 19.2 Å². The molecule has 3 heteroatoms. The number of benzene rings is 1. The van der Waals surface area contributed by atoms with Crippen LogP contribution in [0.15, 0.2) is 30.3 Å². The van der Waals surface area contributed by atoms with E-state index < -0.39 is 11.9 Å². The lowest BCUT2D eigenvalue weighted by molar-refractivity contribution is -0.138. The Morgan fingerprint density at radius 2 is 1.94 bits per heavy atom. The van der Waals surface area contributed by atoms with Crippen LogP contribution in [-0.4, -0.2) is 23.7 Å². The van der Waals surface area contributed by atoms with Crippen molar-refractivity contribution in [2.45, 2.75) is 45.1 Å². The second-order valence-electron chi connectivity index (χ2n) is 4.60. The van der Waals surface area contributed by atoms with Gasteiger partial charge < -0.3 is 10.4 Å². The first-order valence-electron chi connectivity index (χ1n) is 6.70. The van der Waals surface area contributed by atoms with Gasteiger partial charge in [-0.15, -0.1) is 0 Å². The predicted octanol–water partition coefficient (Wildman–Crippen LogP) is 3.02. The second kappa shape index (κ2) is 7.88. The molecule has 3 nitrogen and oxygen atoms in total. The predicted molar refractivity (Wildman–Crippen MR) is 73.8 cm³/mol. The van der Waals surface area contributed by atoms with E-state index in [0.29, 0.717) is 12.6 Å². The Kier molecular flexibility index (Phi) is 6.44. The Balaban J connectivity index is 2.62. The van der Waals surface area contributed by atoms with Crippen LogP contribution in [0.1, 0.15) is 44.6 Å². The first-order valence-corrected chi connectivity index (χ1v) is 6.70. The van der Waals surface area contributed by atoms with E-state index >= 15 is 0 Å². The third-order valence-electron chi connectivity index (χ3n) is 3.24. The SMILES string of the molecule is CCCC(CC)NCC(C(=O)O)c1ccccc1. The van der Waals surface area contributed by atoms with Crippen molar-refractivity contribution in [3.63, 3.8) is 0 Å². The van der Waals surface area contributed by atoms with Crippen LogP contribution in [0, 0.1) is 0 Å². The normalized spacial score (nSPS) is 14.1. The standard InChI is InChI=1S/C15H23NO2/c1-3-8-13(4-2)16-11-14(15(17)18)12-9-6-5-7-10-12/h5-7,9-10,13-14,16H,3-4,8,11H2,1-2H3,(H,17,18). The summed E-state index contributed by atoms with van der Waals surface area (Å²) in [5.41, 5.74) is 0.865. The molecule has 2 N–H and O–H groups in total. The highest BCUT2D eigenvalue weighted by atomic mass is 16.4. The minimum Gasteiger partial charge on any atom is -0.481 e. The van der Waals surface area contributed by atoms with Gasteiger partial charge in [0.1, 0.15) is 0 Å². The summed E-state index contributed by atoms with van der Waals surface area (Å²) in [6.45, 7) is 4.78. The number of carboxylic acid groups (broad SMARTS) is 1. The molecule has 0 aliphatic rings. The van der Waals surface area contributed by atoms with Crippen molar-refractivity contribution in [2.24, 2.45) is 0 Å². The zero-order valence-corrected chi connectivity index (χ0v) is 11.2. The van der Waals surface area contributed by atoms with Gasteiger partial charge in [0, 0.05) is 12.6 Å². The molecule has 1 aromatic carbocycles. The van der Waals surface area contributed by atoms with Gasteiger partial charge in [-0.05, 0) is 18.4 Å². The van der Waals surface area contributed by atoms with Crippen LogP contribution in [-0.2, 0) is 4.79 Å². The Labute approximate surface area is 109 Å². The minimum absolute atomic E-state index is 0.417. The topological polar surface area (TPSA) is 49.3 Å². The molecule has 2 unspecified atom stereocenters. The van der Waals surface area contributed by atoms with E-state index in [1.165, 1.54) is 0 Å². The van der Waals surface area contributed by atoms with Crippen LogP contribution in [0.3, 0.4) is 0 Å². The molecule has 0 saturated heterocycles. The molecule has 100 valence electrons. The van der Waals surface area contributed by atoms with Crippen molar-refractivity contribution in [2.75, 3.05) is 6.54 Å². The highest BCUT2D eigenvalue weighted by Crippen LogP contribution is 2.15. The van der Waals surface area contributed by atoms with Gasteiger partial charge in [-0.25, -0.2) is 0 Å². The number of rotatable bonds is 8. The monoisotopic (exact) mass is 249 g/mol. The molecular weight excluding hydrogens is 226 g/mol. The highest BCUT2D eigenvalue weighted by molar-refractivity contribution is 5.76. The smallest absolute Gasteiger partial charge is 0.312 e. The number of nitrogens with one attached hydrogen (secondary N) is 1. The average molecular weight is 249 g/mol. The van der Waals surface area contributed by atoms with Crippen molar-refractivity contribution in [1.82, 2.24) is 5.32 Å². The summed E-state index contributed by atoms with van der Waals surface area (Å²) < 4.78 is 0. The minimum atomic E-state index is -0.764. The van der Waals surface area contributed by atoms with Crippen molar-refractivity contribution >= 4 is 5.97 Å². The molecule has 0 saturated carbocycles. The summed E-state index contributed by atoms with van der Waals surface area (Å²) in [6.07, 6.45) is 3.25. The highest BCUT2D eigenvalue weighted by Gasteiger charge is 2.20. The molecule has 18 heavy (non-hydrogen) atoms. The van der Waals surface area contributed by atoms with Gasteiger partial charge in [0.05, 0.1) is 5.92 Å². The maximum Gasteiger partial charge on any atom is 0.312 e. The third-order valence-corrected chi connectivity index (χ3v) is 3.24. The van der Waals surface area contributed by atoms with Crippen LogP contribution in [0.2, 0.25) is 0 Å². The molecule has 0 bridgehead atoms. The molecule has 0 spiro atoms. The molecular formula is C15H23NO2. The number of carbonyl (C=O) groups is 1. The molecule has 0 aliphatic heterocycles. The first kappa shape index (κ1) is 14.7. The molecule has 0 aromatic heterocycles. The summed E-state index contributed by atoms with van der Waals surface area (Å²) in [5.74, 6) is -1.22. The molecule has 1 rings (SSSR count). The fraction of sp³-hybridized carbons (Fsp3) is 0.533. The maximum absolute atomic E-state index is 11.3. The van der Waals surface area contributed by atoms with Crippen LogP contribution in [0.5, 0.6) is 0 Å². The Morgan fingerprint density at radius 3 is 2.44 bits per heavy atom. The number of carboxylic acids is 1. The lowest BCUT2D eigenvalue weighted by atomic mass is 9.98. The average Bonchev–Trinajstić information content (AvgIpc) is 2.38. The van der Waals surface area contributed by atoms with Crippen molar-refractivity contribution in [3.05, 3.63) is 35.9 Å². The van der Waals surface area contributed by atoms with Gasteiger partial charge in [-0.2, -0.15) is 0 Å². The number of aliphatic carboxylic acids is 1. The summed E-state index contributed by atoms with van der Waals surface area (Å²) in [4.78, 5) is 11.3. The molecule has 0 amide bonds. The van der Waals surface area contributed by atoms with E-state index in [4.69, 9.17) is 0 Å². The molecule has 0 aliphatic carbocycles. The van der Waals surface area contributed by atoms with E-state index in [0.717, 1.165) is 24.8 Å². The lowest BCUT2D eigenvalue weighted by Crippen LogP contribution is -2.34. The van der Waals surface area contributed by atoms with Gasteiger partial charge >= 0.3 is 5.97 Å². The van der Waals surface area contributed by atoms with E-state index in [9.17, 15) is 9.90 Å². The summed E-state index contributed by atoms with van der Waals surface area (Å²) >= 11 is 0. The van der Waals surface area contributed by atoms with Gasteiger partial charge in [0.2, 0.25) is 0 Å². The summed E-state index contributed by atoms with van der Waals surface area (Å²) in [5, 5.41) is 12.7. The fourth-order valence-electron chi connectivity index (χ4n) is 2.12. The Morgan fingerprint density at radius 1 is 1.28 bits per heavy atom. The molecule has 0 heterocycles. The largest absolute Gasteiger partial charge is 0.481 e. The maximum atomic E-state index is 11.3. The quantitative estimate of drug-likeness (QED) is 0.744. The van der Waals surface area contributed by atoms with Gasteiger partial charge in [-0.1, -0.05) is 50.6 Å². The van der Waals surface area contributed by atoms with Crippen LogP contribution in [0.25, 0.3) is 0 Å². The molecule has 0 radical (unpaired) electrons. The van der Waals surface area contributed by atoms with Crippen molar-refractivity contribution in [3.8, 4) is 0 Å². The summed E-state index contributed by atoms with van der Waals surface area (Å²) in [7, 11) is 0. The zero-order chi connectivity index (χ0) is 13.4. The Bertz CT molecular complexity index is 351. The van der Waals surface area contributed by atoms with Crippen LogP contribution >= 0.6 is 0 Å². The van der Waals surface area contributed by atoms with Crippen LogP contribution in [0.4, 0.5) is 0 Å². The molecule has 0 fully saturated rings. The lowest BCUT2D eigenvalue weighted by Gasteiger charge is -2.20. The van der Waals surface area contributed by atoms with Crippen LogP contribution < -0.4 is 5.32 Å². The number of hydrogen-bond acceptors (Lipinski definition) is 2. The fourth-order valence-corrected chi connectivity index (χ4v) is 2.12. The van der Waals surface area contributed by atoms with E-state index in [-0.39, 0.29) is 0 Å². The summed E-state index contributed by atoms with van der Waals surface area (Å²) in [6, 6.07) is 9.84. The number of hydrogen-bond donors (Lipinski definition) is 2. The molecule has 1 aromatic rings. The second-order valence-corrected chi connectivity index (χ2v) is 4.60. The van der Waals surface area contributed by atoms with Gasteiger partial charge in [-0.3, -0.25) is 4.79 Å². The third kappa shape index (κ3) is 4.49. The zero-order valence-electron chi connectivity index (χ0n) is 11.2. The van der Waals surface area contributed by atoms with Crippen molar-refractivity contribution in [1.29, 1.82) is 0 Å². The van der Waals surface area contributed by atoms with Gasteiger partial charge in [0.25, 0.3) is 0 Å². The first-order chi connectivity index (χ1) is 8.69. The van der Waals surface area contributed by atoms with Crippen molar-refractivity contribution < 1.29 is 9.90 Å². The Hall–Kier alpha value is -1.35. The molecule has 2 atom stereocenters. The van der Waals surface area contributed by atoms with E-state index in [1.807, 2.05) is 30.3 Å². The van der Waals surface area contributed by atoms with Gasteiger partial charge in [0.15, 0.2) is 0 Å². The van der Waals surface area contributed by atoms with E-state index in [1.54, 1.807) is 0 Å².